The summed E-state index contributed by atoms with van der Waals surface area (Å²) in [5, 5.41) is 20.8. The van der Waals surface area contributed by atoms with Crippen molar-refractivity contribution in [3.63, 3.8) is 0 Å². The molecule has 8 nitrogen and oxygen atoms in total. The highest BCUT2D eigenvalue weighted by Gasteiger charge is 2.24. The van der Waals surface area contributed by atoms with Crippen LogP contribution in [0.15, 0.2) is 51.2 Å². The van der Waals surface area contributed by atoms with Crippen LogP contribution >= 0.6 is 0 Å². The monoisotopic (exact) mass is 454 g/mol. The zero-order valence-corrected chi connectivity index (χ0v) is 18.9. The van der Waals surface area contributed by atoms with Gasteiger partial charge in [0.1, 0.15) is 28.2 Å². The minimum Gasteiger partial charge on any atom is -0.507 e. The summed E-state index contributed by atoms with van der Waals surface area (Å²) in [6.07, 6.45) is 2.14. The van der Waals surface area contributed by atoms with Crippen molar-refractivity contribution in [3.8, 4) is 34.3 Å². The third kappa shape index (κ3) is 5.11. The Hall–Kier alpha value is -3.94. The first-order chi connectivity index (χ1) is 15.8. The standard InChI is InChI=1S/C25H26O8/c1-5-31-20(28)13-32-25-22(29)21-19(27)12-18(26)17(11-6-14(2)3)24(21)33-23(25)15-7-9-16(30-4)10-8-15/h6-10,12,26-27H,5,11,13H2,1-4H3. The number of carbonyl (C=O) groups excluding carboxylic acids is 1. The second-order valence-corrected chi connectivity index (χ2v) is 7.49. The second kappa shape index (κ2) is 10.1. The molecule has 0 saturated heterocycles. The Labute approximate surface area is 190 Å². The minimum atomic E-state index is -0.678. The highest BCUT2D eigenvalue weighted by molar-refractivity contribution is 5.91. The fraction of sp³-hybridized carbons (Fsp3) is 0.280. The normalized spacial score (nSPS) is 10.7. The van der Waals surface area contributed by atoms with Crippen LogP contribution in [0.2, 0.25) is 0 Å². The molecule has 0 saturated carbocycles. The van der Waals surface area contributed by atoms with E-state index >= 15 is 0 Å². The predicted octanol–water partition coefficient (Wildman–Crippen LogP) is 4.33. The Morgan fingerprint density at radius 3 is 2.42 bits per heavy atom. The molecule has 174 valence electrons. The molecule has 0 spiro atoms. The van der Waals surface area contributed by atoms with Crippen molar-refractivity contribution in [3.05, 3.63) is 57.8 Å². The molecule has 0 fully saturated rings. The van der Waals surface area contributed by atoms with E-state index in [0.717, 1.165) is 11.6 Å². The molecule has 0 radical (unpaired) electrons. The number of esters is 1. The molecule has 2 N–H and O–H groups in total. The smallest absolute Gasteiger partial charge is 0.344 e. The number of ether oxygens (including phenoxy) is 3. The summed E-state index contributed by atoms with van der Waals surface area (Å²) in [5.74, 6) is -0.939. The fourth-order valence-corrected chi connectivity index (χ4v) is 3.27. The number of hydrogen-bond acceptors (Lipinski definition) is 8. The van der Waals surface area contributed by atoms with E-state index in [2.05, 4.69) is 0 Å². The largest absolute Gasteiger partial charge is 0.507 e. The quantitative estimate of drug-likeness (QED) is 0.382. The topological polar surface area (TPSA) is 115 Å². The van der Waals surface area contributed by atoms with Gasteiger partial charge in [0.05, 0.1) is 13.7 Å². The van der Waals surface area contributed by atoms with Crippen molar-refractivity contribution in [2.45, 2.75) is 27.2 Å². The summed E-state index contributed by atoms with van der Waals surface area (Å²) in [6.45, 7) is 5.10. The van der Waals surface area contributed by atoms with E-state index in [9.17, 15) is 19.8 Å². The Bertz CT molecular complexity index is 1250. The van der Waals surface area contributed by atoms with Crippen molar-refractivity contribution in [2.75, 3.05) is 20.3 Å². The molecule has 2 aromatic carbocycles. The summed E-state index contributed by atoms with van der Waals surface area (Å²) in [5.41, 5.74) is 1.17. The lowest BCUT2D eigenvalue weighted by molar-refractivity contribution is -0.145. The van der Waals surface area contributed by atoms with E-state index in [1.165, 1.54) is 7.11 Å². The molecular formula is C25H26O8. The molecule has 33 heavy (non-hydrogen) atoms. The van der Waals surface area contributed by atoms with Crippen LogP contribution in [0, 0.1) is 0 Å². The van der Waals surface area contributed by atoms with Gasteiger partial charge in [-0.15, -0.1) is 0 Å². The van der Waals surface area contributed by atoms with Crippen LogP contribution in [0.25, 0.3) is 22.3 Å². The third-order valence-electron chi connectivity index (χ3n) is 4.89. The molecule has 1 aromatic heterocycles. The average molecular weight is 454 g/mol. The van der Waals surface area contributed by atoms with Crippen molar-refractivity contribution in [1.82, 2.24) is 0 Å². The average Bonchev–Trinajstić information content (AvgIpc) is 2.77. The van der Waals surface area contributed by atoms with Gasteiger partial charge in [-0.2, -0.15) is 0 Å². The van der Waals surface area contributed by atoms with Gasteiger partial charge in [-0.3, -0.25) is 4.79 Å². The number of phenolic OH excluding ortho intramolecular Hbond substituents is 2. The molecule has 0 bridgehead atoms. The zero-order chi connectivity index (χ0) is 24.1. The lowest BCUT2D eigenvalue weighted by Gasteiger charge is -2.14. The van der Waals surface area contributed by atoms with Gasteiger partial charge < -0.3 is 28.8 Å². The lowest BCUT2D eigenvalue weighted by Crippen LogP contribution is -2.19. The second-order valence-electron chi connectivity index (χ2n) is 7.49. The van der Waals surface area contributed by atoms with Crippen LogP contribution < -0.4 is 14.9 Å². The van der Waals surface area contributed by atoms with Gasteiger partial charge in [0.25, 0.3) is 0 Å². The van der Waals surface area contributed by atoms with Gasteiger partial charge in [0, 0.05) is 17.2 Å². The van der Waals surface area contributed by atoms with Gasteiger partial charge in [0.15, 0.2) is 12.4 Å². The Balaban J connectivity index is 2.29. The zero-order valence-electron chi connectivity index (χ0n) is 18.9. The van der Waals surface area contributed by atoms with Gasteiger partial charge in [0.2, 0.25) is 11.2 Å². The van der Waals surface area contributed by atoms with Gasteiger partial charge in [-0.1, -0.05) is 11.6 Å². The highest BCUT2D eigenvalue weighted by Crippen LogP contribution is 2.39. The van der Waals surface area contributed by atoms with Crippen LogP contribution in [-0.2, 0) is 16.0 Å². The number of carbonyl (C=O) groups is 1. The first-order valence-corrected chi connectivity index (χ1v) is 10.4. The number of benzene rings is 2. The molecule has 1 heterocycles. The highest BCUT2D eigenvalue weighted by atomic mass is 16.6. The first-order valence-electron chi connectivity index (χ1n) is 10.4. The van der Waals surface area contributed by atoms with Gasteiger partial charge >= 0.3 is 5.97 Å². The Morgan fingerprint density at radius 1 is 1.12 bits per heavy atom. The van der Waals surface area contributed by atoms with Gasteiger partial charge in [-0.25, -0.2) is 4.79 Å². The Kier molecular flexibility index (Phi) is 7.27. The predicted molar refractivity (Wildman–Crippen MR) is 123 cm³/mol. The third-order valence-corrected chi connectivity index (χ3v) is 4.89. The van der Waals surface area contributed by atoms with Crippen LogP contribution in [0.5, 0.6) is 23.0 Å². The number of rotatable bonds is 8. The van der Waals surface area contributed by atoms with Crippen molar-refractivity contribution < 1.29 is 33.6 Å². The molecule has 3 rings (SSSR count). The lowest BCUT2D eigenvalue weighted by atomic mass is 10.0. The van der Waals surface area contributed by atoms with E-state index in [1.807, 2.05) is 19.9 Å². The number of allylic oxidation sites excluding steroid dienone is 2. The van der Waals surface area contributed by atoms with E-state index in [4.69, 9.17) is 18.6 Å². The Morgan fingerprint density at radius 2 is 1.82 bits per heavy atom. The maximum absolute atomic E-state index is 13.4. The maximum Gasteiger partial charge on any atom is 0.344 e. The van der Waals surface area contributed by atoms with Crippen LogP contribution in [0.1, 0.15) is 26.3 Å². The summed E-state index contributed by atoms with van der Waals surface area (Å²) in [6, 6.07) is 7.78. The SMILES string of the molecule is CCOC(=O)COc1c(-c2ccc(OC)cc2)oc2c(CC=C(C)C)c(O)cc(O)c2c1=O. The molecule has 0 unspecified atom stereocenters. The van der Waals surface area contributed by atoms with Crippen molar-refractivity contribution >= 4 is 16.9 Å². The summed E-state index contributed by atoms with van der Waals surface area (Å²) in [4.78, 5) is 25.3. The molecule has 0 amide bonds. The fourth-order valence-electron chi connectivity index (χ4n) is 3.27. The molecule has 0 aliphatic rings. The van der Waals surface area contributed by atoms with E-state index < -0.39 is 23.8 Å². The first kappa shape index (κ1) is 23.7. The minimum absolute atomic E-state index is 0.0318. The molecule has 0 atom stereocenters. The number of phenols is 2. The summed E-state index contributed by atoms with van der Waals surface area (Å²) >= 11 is 0. The van der Waals surface area contributed by atoms with Crippen molar-refractivity contribution in [2.24, 2.45) is 0 Å². The van der Waals surface area contributed by atoms with E-state index in [1.54, 1.807) is 31.2 Å². The van der Waals surface area contributed by atoms with E-state index in [0.29, 0.717) is 16.9 Å². The van der Waals surface area contributed by atoms with Crippen LogP contribution in [0.4, 0.5) is 0 Å². The molecule has 3 aromatic rings. The van der Waals surface area contributed by atoms with E-state index in [-0.39, 0.29) is 41.3 Å². The molecular weight excluding hydrogens is 428 g/mol. The number of fused-ring (bicyclic) bond motifs is 1. The van der Waals surface area contributed by atoms with Crippen molar-refractivity contribution in [1.29, 1.82) is 0 Å². The number of hydrogen-bond donors (Lipinski definition) is 2. The van der Waals surface area contributed by atoms with Crippen LogP contribution in [-0.4, -0.2) is 36.5 Å². The maximum atomic E-state index is 13.4. The van der Waals surface area contributed by atoms with Gasteiger partial charge in [-0.05, 0) is 51.5 Å². The molecule has 0 aliphatic heterocycles. The molecule has 0 aliphatic carbocycles. The summed E-state index contributed by atoms with van der Waals surface area (Å²) in [7, 11) is 1.53. The number of methoxy groups -OCH3 is 1. The number of aromatic hydroxyl groups is 2. The molecule has 8 heteroatoms. The summed E-state index contributed by atoms with van der Waals surface area (Å²) < 4.78 is 21.7. The van der Waals surface area contributed by atoms with Crippen LogP contribution in [0.3, 0.4) is 0 Å².